The molecule has 12 nitrogen and oxygen atoms in total. The molecule has 0 unspecified atom stereocenters. The van der Waals surface area contributed by atoms with Crippen molar-refractivity contribution < 1.29 is 18.0 Å². The molecule has 3 saturated heterocycles. The maximum atomic E-state index is 14.3. The molecule has 4 heterocycles. The Bertz CT molecular complexity index is 1650. The Morgan fingerprint density at radius 2 is 1.57 bits per heavy atom. The maximum absolute atomic E-state index is 14.3. The molecule has 2 aromatic carbocycles. The van der Waals surface area contributed by atoms with Crippen LogP contribution in [0.25, 0.3) is 0 Å². The van der Waals surface area contributed by atoms with Crippen molar-refractivity contribution in [3.8, 4) is 0 Å². The first-order valence-electron chi connectivity index (χ1n) is 17.2. The molecule has 0 spiro atoms. The van der Waals surface area contributed by atoms with Gasteiger partial charge in [-0.2, -0.15) is 0 Å². The van der Waals surface area contributed by atoms with E-state index in [1.807, 2.05) is 51.1 Å². The van der Waals surface area contributed by atoms with Gasteiger partial charge in [0.25, 0.3) is 0 Å². The zero-order valence-electron chi connectivity index (χ0n) is 27.9. The van der Waals surface area contributed by atoms with Crippen LogP contribution in [-0.2, 0) is 27.8 Å². The number of urea groups is 1. The van der Waals surface area contributed by atoms with Gasteiger partial charge >= 0.3 is 6.03 Å². The average Bonchev–Trinajstić information content (AvgIpc) is 3.09. The molecule has 2 aromatic rings. The van der Waals surface area contributed by atoms with E-state index in [0.29, 0.717) is 66.2 Å². The Kier molecular flexibility index (Phi) is 11.4. The summed E-state index contributed by atoms with van der Waals surface area (Å²) >= 11 is 7.05. The number of halogens is 2. The van der Waals surface area contributed by atoms with Crippen LogP contribution >= 0.6 is 31.9 Å². The van der Waals surface area contributed by atoms with Crippen molar-refractivity contribution in [3.05, 3.63) is 56.5 Å². The third-order valence-electron chi connectivity index (χ3n) is 10.2. The molecule has 3 amide bonds. The van der Waals surface area contributed by atoms with E-state index in [2.05, 4.69) is 46.8 Å². The number of fused-ring (bicyclic) bond motifs is 1. The predicted octanol–water partition coefficient (Wildman–Crippen LogP) is 4.60. The zero-order valence-corrected chi connectivity index (χ0v) is 31.9. The van der Waals surface area contributed by atoms with Gasteiger partial charge in [-0.25, -0.2) is 18.2 Å². The number of amides is 3. The van der Waals surface area contributed by atoms with E-state index in [1.54, 1.807) is 0 Å². The van der Waals surface area contributed by atoms with Gasteiger partial charge in [0.2, 0.25) is 21.9 Å². The maximum Gasteiger partial charge on any atom is 0.322 e. The monoisotopic (exact) mass is 820 g/mol. The van der Waals surface area contributed by atoms with Crippen LogP contribution in [-0.4, -0.2) is 110 Å². The summed E-state index contributed by atoms with van der Waals surface area (Å²) in [6.45, 7) is 4.99. The minimum Gasteiger partial charge on any atom is -0.397 e. The molecule has 0 bridgehead atoms. The second-order valence-corrected chi connectivity index (χ2v) is 17.1. The second-order valence-electron chi connectivity index (χ2n) is 13.6. The minimum atomic E-state index is -3.72. The predicted molar refractivity (Wildman–Crippen MR) is 200 cm³/mol. The molecule has 3 fully saturated rings. The number of hydrogen-bond acceptors (Lipinski definition) is 7. The van der Waals surface area contributed by atoms with Crippen molar-refractivity contribution in [1.82, 2.24) is 24.3 Å². The van der Waals surface area contributed by atoms with E-state index in [1.165, 1.54) is 19.3 Å². The number of guanidine groups is 1. The van der Waals surface area contributed by atoms with Crippen LogP contribution in [0.4, 0.5) is 16.2 Å². The lowest BCUT2D eigenvalue weighted by atomic mass is 9.98. The van der Waals surface area contributed by atoms with Gasteiger partial charge < -0.3 is 30.7 Å². The van der Waals surface area contributed by atoms with E-state index in [4.69, 9.17) is 10.7 Å². The lowest BCUT2D eigenvalue weighted by molar-refractivity contribution is -0.134. The van der Waals surface area contributed by atoms with Crippen LogP contribution in [0.5, 0.6) is 0 Å². The number of nitrogens with zero attached hydrogens (tertiary/aromatic N) is 5. The third kappa shape index (κ3) is 8.89. The van der Waals surface area contributed by atoms with Crippen LogP contribution in [0.15, 0.2) is 50.3 Å². The van der Waals surface area contributed by atoms with Crippen molar-refractivity contribution in [3.63, 3.8) is 0 Å². The molecule has 0 radical (unpaired) electrons. The molecule has 6 rings (SSSR count). The van der Waals surface area contributed by atoms with E-state index >= 15 is 0 Å². The van der Waals surface area contributed by atoms with Gasteiger partial charge in [-0.15, -0.1) is 0 Å². The van der Waals surface area contributed by atoms with Gasteiger partial charge in [0.15, 0.2) is 0 Å². The number of aliphatic imine (C=N–C) groups is 1. The van der Waals surface area contributed by atoms with Crippen molar-refractivity contribution in [2.24, 2.45) is 4.99 Å². The molecule has 266 valence electrons. The molecule has 4 aliphatic heterocycles. The van der Waals surface area contributed by atoms with E-state index in [9.17, 15) is 18.0 Å². The molecular formula is C34H46Br2N8O4S. The quantitative estimate of drug-likeness (QED) is 0.211. The van der Waals surface area contributed by atoms with E-state index in [-0.39, 0.29) is 30.4 Å². The number of hydrogen-bond donors (Lipinski definition) is 3. The number of rotatable bonds is 7. The Balaban J connectivity index is 1.22. The third-order valence-corrected chi connectivity index (χ3v) is 12.0. The number of nitrogens with one attached hydrogen (secondary N) is 2. The zero-order chi connectivity index (χ0) is 34.7. The minimum absolute atomic E-state index is 0.0211. The number of benzene rings is 2. The first-order chi connectivity index (χ1) is 23.4. The van der Waals surface area contributed by atoms with Gasteiger partial charge in [-0.05, 0) is 113 Å². The summed E-state index contributed by atoms with van der Waals surface area (Å²) in [6, 6.07) is 11.0. The van der Waals surface area contributed by atoms with Gasteiger partial charge in [0.05, 0.1) is 11.9 Å². The standard InChI is InChI=1S/C34H46Br2N8O4S/c1-49(47,48)40-33(43-17-11-26(12-18-43)44-22-24-7-3-4-8-29(24)39-34(44)46)38-30(21-23-19-27(35)31(37)28(36)20-23)32(45)42-15-9-25(10-16-42)41-13-5-2-6-14-41/h3-4,7-8,19-20,25-26,30H,2,5-6,9-18,21-22,37H2,1H3,(H,38,40)(H,39,46)/t30-/m0/s1. The van der Waals surface area contributed by atoms with E-state index < -0.39 is 16.1 Å². The Labute approximate surface area is 306 Å². The summed E-state index contributed by atoms with van der Waals surface area (Å²) in [5, 5.41) is 3.00. The lowest BCUT2D eigenvalue weighted by Crippen LogP contribution is -2.54. The Morgan fingerprint density at radius 3 is 2.22 bits per heavy atom. The fourth-order valence-corrected chi connectivity index (χ4v) is 9.30. The number of carbonyl (C=O) groups excluding carboxylic acids is 2. The fraction of sp³-hybridized carbons (Fsp3) is 0.559. The molecule has 1 atom stereocenters. The van der Waals surface area contributed by atoms with Crippen molar-refractivity contribution >= 4 is 71.2 Å². The number of carbonyl (C=O) groups is 2. The number of sulfonamides is 1. The van der Waals surface area contributed by atoms with Gasteiger partial charge in [-0.3, -0.25) is 9.52 Å². The van der Waals surface area contributed by atoms with Gasteiger partial charge in [-0.1, -0.05) is 24.6 Å². The lowest BCUT2D eigenvalue weighted by Gasteiger charge is -2.42. The number of anilines is 2. The van der Waals surface area contributed by atoms with Gasteiger partial charge in [0, 0.05) is 65.9 Å². The van der Waals surface area contributed by atoms with Crippen LogP contribution in [0.1, 0.15) is 56.1 Å². The highest BCUT2D eigenvalue weighted by molar-refractivity contribution is 9.11. The highest BCUT2D eigenvalue weighted by Crippen LogP contribution is 2.31. The molecule has 15 heteroatoms. The summed E-state index contributed by atoms with van der Waals surface area (Å²) in [4.78, 5) is 40.5. The topological polar surface area (TPSA) is 144 Å². The van der Waals surface area contributed by atoms with Crippen molar-refractivity contribution in [1.29, 1.82) is 0 Å². The molecule has 4 aliphatic rings. The number of para-hydroxylation sites is 1. The largest absolute Gasteiger partial charge is 0.397 e. The van der Waals surface area contributed by atoms with Crippen LogP contribution < -0.4 is 15.8 Å². The smallest absolute Gasteiger partial charge is 0.322 e. The SMILES string of the molecule is CS(=O)(=O)NC(=N[C@@H](Cc1cc(Br)c(N)c(Br)c1)C(=O)N1CCC(N2CCCCC2)CC1)N1CCC(N2Cc3ccccc3NC2=O)CC1. The number of nitrogen functional groups attached to an aromatic ring is 1. The Hall–Kier alpha value is -2.88. The van der Waals surface area contributed by atoms with Crippen LogP contribution in [0.2, 0.25) is 0 Å². The highest BCUT2D eigenvalue weighted by atomic mass is 79.9. The highest BCUT2D eigenvalue weighted by Gasteiger charge is 2.35. The van der Waals surface area contributed by atoms with Crippen LogP contribution in [0.3, 0.4) is 0 Å². The van der Waals surface area contributed by atoms with Crippen LogP contribution in [0, 0.1) is 0 Å². The summed E-state index contributed by atoms with van der Waals surface area (Å²) < 4.78 is 29.4. The molecule has 0 saturated carbocycles. The number of piperidine rings is 3. The first kappa shape index (κ1) is 35.9. The van der Waals surface area contributed by atoms with E-state index in [0.717, 1.165) is 49.0 Å². The van der Waals surface area contributed by atoms with Crippen molar-refractivity contribution in [2.75, 3.05) is 56.6 Å². The summed E-state index contributed by atoms with van der Waals surface area (Å²) in [7, 11) is -3.72. The molecular weight excluding hydrogens is 776 g/mol. The Morgan fingerprint density at radius 1 is 0.959 bits per heavy atom. The molecule has 0 aliphatic carbocycles. The first-order valence-corrected chi connectivity index (χ1v) is 20.6. The molecule has 4 N–H and O–H groups in total. The second kappa shape index (κ2) is 15.6. The normalized spacial score (nSPS) is 20.9. The molecule has 0 aromatic heterocycles. The number of nitrogens with two attached hydrogens (primary N) is 1. The average molecular weight is 823 g/mol. The van der Waals surface area contributed by atoms with Gasteiger partial charge in [0.1, 0.15) is 6.04 Å². The summed E-state index contributed by atoms with van der Waals surface area (Å²) in [5.41, 5.74) is 9.46. The summed E-state index contributed by atoms with van der Waals surface area (Å²) in [6.07, 6.45) is 8.19. The van der Waals surface area contributed by atoms with Crippen molar-refractivity contribution in [2.45, 2.75) is 76.0 Å². The molecule has 49 heavy (non-hydrogen) atoms. The number of likely N-dealkylation sites (tertiary alicyclic amines) is 3. The fourth-order valence-electron chi connectivity index (χ4n) is 7.50. The summed E-state index contributed by atoms with van der Waals surface area (Å²) in [5.74, 6) is 0.0389.